The van der Waals surface area contributed by atoms with E-state index in [0.717, 1.165) is 44.5 Å². The van der Waals surface area contributed by atoms with Crippen molar-refractivity contribution < 1.29 is 28.7 Å². The van der Waals surface area contributed by atoms with Gasteiger partial charge in [-0.15, -0.1) is 0 Å². The first-order chi connectivity index (χ1) is 31.8. The predicted octanol–water partition coefficient (Wildman–Crippen LogP) is 8.21. The van der Waals surface area contributed by atoms with E-state index in [1.165, 1.54) is 12.1 Å². The number of nitrogens with one attached hydrogen (secondary N) is 2. The Bertz CT molecular complexity index is 2530. The van der Waals surface area contributed by atoms with E-state index in [0.29, 0.717) is 38.8 Å². The third-order valence-corrected chi connectivity index (χ3v) is 12.7. The first-order valence-corrected chi connectivity index (χ1v) is 22.0. The van der Waals surface area contributed by atoms with Gasteiger partial charge in [0.25, 0.3) is 0 Å². The van der Waals surface area contributed by atoms with Crippen LogP contribution in [0.2, 0.25) is 0 Å². The van der Waals surface area contributed by atoms with Crippen LogP contribution in [-0.2, 0) is 30.3 Å². The lowest BCUT2D eigenvalue weighted by Gasteiger charge is -2.43. The van der Waals surface area contributed by atoms with E-state index in [4.69, 9.17) is 20.9 Å². The predicted molar refractivity (Wildman–Crippen MR) is 251 cm³/mol. The van der Waals surface area contributed by atoms with E-state index in [2.05, 4.69) is 9.97 Å². The molecule has 2 aliphatic heterocycles. The van der Waals surface area contributed by atoms with E-state index < -0.39 is 35.2 Å². The number of rotatable bonds is 14. The van der Waals surface area contributed by atoms with Crippen molar-refractivity contribution in [2.24, 2.45) is 11.5 Å². The molecule has 2 aliphatic rings. The highest BCUT2D eigenvalue weighted by molar-refractivity contribution is 5.75. The molecule has 0 aliphatic carbocycles. The highest BCUT2D eigenvalue weighted by Crippen LogP contribution is 2.42. The lowest BCUT2D eigenvalue weighted by molar-refractivity contribution is -0.121. The van der Waals surface area contributed by atoms with Crippen molar-refractivity contribution in [2.75, 3.05) is 13.1 Å². The summed E-state index contributed by atoms with van der Waals surface area (Å²) in [4.78, 5) is 80.5. The summed E-state index contributed by atoms with van der Waals surface area (Å²) in [7, 11) is 0. The topological polar surface area (TPSA) is 211 Å². The molecular weight excluding hydrogens is 837 g/mol. The molecule has 2 fully saturated rings. The molecule has 0 bridgehead atoms. The monoisotopic (exact) mass is 890 g/mol. The van der Waals surface area contributed by atoms with Gasteiger partial charge in [-0.1, -0.05) is 109 Å². The second-order valence-electron chi connectivity index (χ2n) is 16.8. The smallest absolute Gasteiger partial charge is 0.411 e. The third kappa shape index (κ3) is 10.8. The highest BCUT2D eigenvalue weighted by Gasteiger charge is 2.45. The number of nitrogens with two attached hydrogens (primary N) is 2. The molecule has 0 unspecified atom stereocenters. The van der Waals surface area contributed by atoms with Crippen LogP contribution in [0.5, 0.6) is 0 Å². The van der Waals surface area contributed by atoms with Crippen molar-refractivity contribution in [3.05, 3.63) is 189 Å². The number of benzene rings is 4. The van der Waals surface area contributed by atoms with Crippen LogP contribution in [0.4, 0.5) is 9.59 Å². The average Bonchev–Trinajstić information content (AvgIpc) is 3.34. The number of aromatic amines is 2. The summed E-state index contributed by atoms with van der Waals surface area (Å²) in [5.41, 5.74) is 16.2. The highest BCUT2D eigenvalue weighted by atomic mass is 16.6. The molecule has 340 valence electrons. The van der Waals surface area contributed by atoms with Crippen molar-refractivity contribution in [3.63, 3.8) is 0 Å². The number of H-pyrrole nitrogens is 2. The molecule has 2 saturated heterocycles. The van der Waals surface area contributed by atoms with Crippen LogP contribution in [0.3, 0.4) is 0 Å². The van der Waals surface area contributed by atoms with Crippen molar-refractivity contribution in [3.8, 4) is 22.3 Å². The molecule has 4 atom stereocenters. The number of primary amides is 2. The Balaban J connectivity index is 0.000000196. The molecule has 8 rings (SSSR count). The molecule has 0 saturated carbocycles. The summed E-state index contributed by atoms with van der Waals surface area (Å²) in [6, 6.07) is 41.0. The SMILES string of the molecule is C[C@@H](c1ccc(-c2ccc(=O)[nH]c2)cc1)N1CC[C@](CCC(N)=O)(c2ccccc2)OC1=O.C[C@@H](c1ccc(-c2ccc(=O)[nH]c2)cc1)N1CC[C@](CCC(N)=O)(c2ccccc2)OC1=O. The molecule has 0 radical (unpaired) electrons. The fourth-order valence-corrected chi connectivity index (χ4v) is 8.67. The number of nitrogens with zero attached hydrogens (tertiary/aromatic N) is 2. The Hall–Kier alpha value is -7.74. The molecule has 14 heteroatoms. The lowest BCUT2D eigenvalue weighted by Crippen LogP contribution is -2.49. The van der Waals surface area contributed by atoms with Gasteiger partial charge < -0.3 is 40.7 Å². The molecule has 14 nitrogen and oxygen atoms in total. The van der Waals surface area contributed by atoms with Crippen molar-refractivity contribution in [1.82, 2.24) is 19.8 Å². The van der Waals surface area contributed by atoms with E-state index in [1.807, 2.05) is 123 Å². The number of ether oxygens (including phenoxy) is 2. The van der Waals surface area contributed by atoms with Gasteiger partial charge in [0, 0.05) is 76.1 Å². The number of hydrogen-bond donors (Lipinski definition) is 4. The van der Waals surface area contributed by atoms with Crippen LogP contribution in [0.1, 0.15) is 86.7 Å². The molecule has 4 heterocycles. The maximum Gasteiger partial charge on any atom is 0.411 e. The minimum Gasteiger partial charge on any atom is -0.438 e. The van der Waals surface area contributed by atoms with Crippen LogP contribution in [-0.4, -0.2) is 56.9 Å². The van der Waals surface area contributed by atoms with Gasteiger partial charge in [-0.25, -0.2) is 9.59 Å². The van der Waals surface area contributed by atoms with Gasteiger partial charge in [-0.05, 0) is 70.5 Å². The second kappa shape index (κ2) is 20.4. The summed E-state index contributed by atoms with van der Waals surface area (Å²) >= 11 is 0. The van der Waals surface area contributed by atoms with Gasteiger partial charge in [-0.2, -0.15) is 0 Å². The third-order valence-electron chi connectivity index (χ3n) is 12.7. The van der Waals surface area contributed by atoms with Crippen LogP contribution in [0.15, 0.2) is 155 Å². The van der Waals surface area contributed by atoms with Gasteiger partial charge in [0.15, 0.2) is 0 Å². The Morgan fingerprint density at radius 1 is 0.530 bits per heavy atom. The van der Waals surface area contributed by atoms with E-state index in [9.17, 15) is 28.8 Å². The lowest BCUT2D eigenvalue weighted by atomic mass is 9.84. The minimum absolute atomic E-state index is 0.143. The molecular formula is C52H54N6O8. The summed E-state index contributed by atoms with van der Waals surface area (Å²) in [6.07, 6.45) is 4.66. The van der Waals surface area contributed by atoms with E-state index in [-0.39, 0.29) is 36.0 Å². The Morgan fingerprint density at radius 2 is 0.879 bits per heavy atom. The largest absolute Gasteiger partial charge is 0.438 e. The fourth-order valence-electron chi connectivity index (χ4n) is 8.67. The van der Waals surface area contributed by atoms with Crippen molar-refractivity contribution >= 4 is 24.0 Å². The zero-order valence-electron chi connectivity index (χ0n) is 37.0. The molecule has 66 heavy (non-hydrogen) atoms. The van der Waals surface area contributed by atoms with Gasteiger partial charge in [0.05, 0.1) is 12.1 Å². The number of amides is 4. The van der Waals surface area contributed by atoms with Crippen LogP contribution < -0.4 is 22.6 Å². The summed E-state index contributed by atoms with van der Waals surface area (Å²) in [5.74, 6) is -0.834. The maximum atomic E-state index is 13.1. The van der Waals surface area contributed by atoms with Gasteiger partial charge >= 0.3 is 12.2 Å². The Kier molecular flexibility index (Phi) is 14.3. The normalized spacial score (nSPS) is 19.1. The van der Waals surface area contributed by atoms with E-state index in [1.54, 1.807) is 34.3 Å². The summed E-state index contributed by atoms with van der Waals surface area (Å²) in [6.45, 7) is 4.93. The van der Waals surface area contributed by atoms with Crippen molar-refractivity contribution in [2.45, 2.75) is 75.7 Å². The number of aromatic nitrogens is 2. The summed E-state index contributed by atoms with van der Waals surface area (Å²) in [5, 5.41) is 0. The zero-order valence-corrected chi connectivity index (χ0v) is 37.0. The van der Waals surface area contributed by atoms with Gasteiger partial charge in [-0.3, -0.25) is 19.2 Å². The molecule has 6 N–H and O–H groups in total. The molecule has 4 amide bonds. The second-order valence-corrected chi connectivity index (χ2v) is 16.8. The van der Waals surface area contributed by atoms with Crippen LogP contribution in [0.25, 0.3) is 22.3 Å². The molecule has 0 spiro atoms. The van der Waals surface area contributed by atoms with Crippen LogP contribution >= 0.6 is 0 Å². The van der Waals surface area contributed by atoms with Gasteiger partial charge in [0.2, 0.25) is 22.9 Å². The first-order valence-electron chi connectivity index (χ1n) is 22.0. The molecule has 2 aromatic heterocycles. The number of hydrogen-bond acceptors (Lipinski definition) is 8. The average molecular weight is 891 g/mol. The van der Waals surface area contributed by atoms with Gasteiger partial charge in [0.1, 0.15) is 11.2 Å². The van der Waals surface area contributed by atoms with E-state index >= 15 is 0 Å². The molecule has 4 aromatic carbocycles. The fraction of sp³-hybridized carbons (Fsp3) is 0.269. The Labute approximate surface area is 382 Å². The number of pyridine rings is 2. The number of cyclic esters (lactones) is 2. The Morgan fingerprint density at radius 3 is 1.18 bits per heavy atom. The minimum atomic E-state index is -0.863. The number of carbonyl (C=O) groups is 4. The quantitative estimate of drug-likeness (QED) is 0.0835. The zero-order chi connectivity index (χ0) is 46.8. The standard InChI is InChI=1S/2C26H27N3O4/c2*1-18(19-7-9-20(10-8-19)21-11-12-24(31)28-17-21)29-16-15-26(33-25(29)32,14-13-23(27)30)22-5-3-2-4-6-22/h2*2-12,17-18H,13-16H2,1H3,(H2,27,30)(H,28,31)/t2*18-,26+/m00/s1. The first kappa shape index (κ1) is 46.3. The molecule has 6 aromatic rings. The van der Waals surface area contributed by atoms with Crippen LogP contribution in [0, 0.1) is 0 Å². The summed E-state index contributed by atoms with van der Waals surface area (Å²) < 4.78 is 12.0. The number of carbonyl (C=O) groups excluding carboxylic acids is 4. The van der Waals surface area contributed by atoms with Crippen molar-refractivity contribution in [1.29, 1.82) is 0 Å². The maximum absolute atomic E-state index is 13.1.